The van der Waals surface area contributed by atoms with Crippen molar-refractivity contribution in [3.05, 3.63) is 29.8 Å². The third kappa shape index (κ3) is 4.26. The number of nitrogens with one attached hydrogen (secondary N) is 1. The van der Waals surface area contributed by atoms with Crippen molar-refractivity contribution in [2.75, 3.05) is 0 Å². The van der Waals surface area contributed by atoms with E-state index in [0.29, 0.717) is 5.56 Å². The van der Waals surface area contributed by atoms with Crippen molar-refractivity contribution in [3.63, 3.8) is 0 Å². The number of benzene rings is 1. The van der Waals surface area contributed by atoms with Crippen molar-refractivity contribution in [1.29, 1.82) is 0 Å². The lowest BCUT2D eigenvalue weighted by Gasteiger charge is -2.17. The predicted octanol–water partition coefficient (Wildman–Crippen LogP) is 2.18. The maximum absolute atomic E-state index is 12.4. The largest absolute Gasteiger partial charge is 0.389 e. The maximum Gasteiger partial charge on any atom is 0.241 e. The summed E-state index contributed by atoms with van der Waals surface area (Å²) in [4.78, 5) is 0.238. The topological polar surface area (TPSA) is 72.2 Å². The van der Waals surface area contributed by atoms with Gasteiger partial charge in [-0.3, -0.25) is 0 Å². The fourth-order valence-electron chi connectivity index (χ4n) is 1.88. The maximum atomic E-state index is 12.4. The van der Waals surface area contributed by atoms with Crippen molar-refractivity contribution >= 4 is 27.2 Å². The summed E-state index contributed by atoms with van der Waals surface area (Å²) in [7, 11) is -3.59. The van der Waals surface area contributed by atoms with Crippen molar-refractivity contribution in [3.8, 4) is 0 Å². The zero-order chi connectivity index (χ0) is 14.5. The normalized spacial score (nSPS) is 13.2. The van der Waals surface area contributed by atoms with Gasteiger partial charge >= 0.3 is 0 Å². The third-order valence-corrected chi connectivity index (χ3v) is 4.69. The second-order valence-electron chi connectivity index (χ2n) is 4.38. The lowest BCUT2D eigenvalue weighted by Crippen LogP contribution is -2.35. The summed E-state index contributed by atoms with van der Waals surface area (Å²) < 4.78 is 27.5. The van der Waals surface area contributed by atoms with E-state index in [0.717, 1.165) is 19.3 Å². The van der Waals surface area contributed by atoms with E-state index < -0.39 is 10.0 Å². The Morgan fingerprint density at radius 1 is 1.37 bits per heavy atom. The number of thiocarbonyl (C=S) groups is 1. The van der Waals surface area contributed by atoms with Gasteiger partial charge in [-0.25, -0.2) is 13.1 Å². The van der Waals surface area contributed by atoms with Crippen LogP contribution in [0, 0.1) is 0 Å². The number of rotatable bonds is 7. The molecule has 106 valence electrons. The first-order chi connectivity index (χ1) is 8.92. The van der Waals surface area contributed by atoms with Crippen LogP contribution in [0.4, 0.5) is 0 Å². The molecule has 4 nitrogen and oxygen atoms in total. The average Bonchev–Trinajstić information content (AvgIpc) is 2.38. The van der Waals surface area contributed by atoms with Gasteiger partial charge in [0.25, 0.3) is 0 Å². The van der Waals surface area contributed by atoms with Gasteiger partial charge in [-0.05, 0) is 18.9 Å². The Hall–Kier alpha value is -0.980. The van der Waals surface area contributed by atoms with Crippen LogP contribution in [0.3, 0.4) is 0 Å². The summed E-state index contributed by atoms with van der Waals surface area (Å²) in [6.45, 7) is 3.99. The van der Waals surface area contributed by atoms with Crippen molar-refractivity contribution < 1.29 is 8.42 Å². The van der Waals surface area contributed by atoms with E-state index >= 15 is 0 Å². The Bertz CT molecular complexity index is 541. The lowest BCUT2D eigenvalue weighted by molar-refractivity contribution is 0.512. The molecule has 1 atom stereocenters. The molecular formula is C13H20N2O2S2. The number of nitrogens with two attached hydrogens (primary N) is 1. The highest BCUT2D eigenvalue weighted by Crippen LogP contribution is 2.17. The van der Waals surface area contributed by atoms with Crippen LogP contribution in [-0.2, 0) is 10.0 Å². The molecule has 1 unspecified atom stereocenters. The van der Waals surface area contributed by atoms with Crippen LogP contribution in [0.15, 0.2) is 29.2 Å². The first-order valence-corrected chi connectivity index (χ1v) is 8.22. The minimum absolute atomic E-state index is 0.0607. The minimum atomic E-state index is -3.59. The minimum Gasteiger partial charge on any atom is -0.389 e. The molecule has 6 heteroatoms. The fourth-order valence-corrected chi connectivity index (χ4v) is 3.70. The number of hydrogen-bond acceptors (Lipinski definition) is 3. The van der Waals surface area contributed by atoms with Gasteiger partial charge in [-0.2, -0.15) is 0 Å². The molecule has 0 radical (unpaired) electrons. The second-order valence-corrected chi connectivity index (χ2v) is 6.50. The van der Waals surface area contributed by atoms with Gasteiger partial charge in [0, 0.05) is 11.6 Å². The van der Waals surface area contributed by atoms with Crippen LogP contribution < -0.4 is 10.5 Å². The molecule has 1 aromatic rings. The van der Waals surface area contributed by atoms with E-state index in [-0.39, 0.29) is 15.9 Å². The van der Waals surface area contributed by atoms with Crippen molar-refractivity contribution in [1.82, 2.24) is 4.72 Å². The molecule has 0 amide bonds. The summed E-state index contributed by atoms with van der Waals surface area (Å²) in [6.07, 6.45) is 2.49. The molecule has 0 aliphatic rings. The Labute approximate surface area is 120 Å². The Balaban J connectivity index is 3.10. The van der Waals surface area contributed by atoms with E-state index in [4.69, 9.17) is 18.0 Å². The Morgan fingerprint density at radius 2 is 2.00 bits per heavy atom. The molecule has 0 aromatic heterocycles. The van der Waals surface area contributed by atoms with Gasteiger partial charge in [-0.15, -0.1) is 0 Å². The predicted molar refractivity (Wildman–Crippen MR) is 81.6 cm³/mol. The molecule has 0 saturated heterocycles. The van der Waals surface area contributed by atoms with Gasteiger partial charge in [0.1, 0.15) is 4.99 Å². The smallest absolute Gasteiger partial charge is 0.241 e. The molecule has 1 aromatic carbocycles. The van der Waals surface area contributed by atoms with Crippen LogP contribution >= 0.6 is 12.2 Å². The molecule has 1 rings (SSSR count). The SMILES string of the molecule is CCCC(CC)NS(=O)(=O)c1ccccc1C(N)=S. The average molecular weight is 300 g/mol. The quantitative estimate of drug-likeness (QED) is 0.757. The summed E-state index contributed by atoms with van der Waals surface area (Å²) in [5.74, 6) is 0. The molecule has 19 heavy (non-hydrogen) atoms. The Morgan fingerprint density at radius 3 is 2.53 bits per heavy atom. The third-order valence-electron chi connectivity index (χ3n) is 2.89. The second kappa shape index (κ2) is 6.98. The van der Waals surface area contributed by atoms with Gasteiger partial charge in [-0.1, -0.05) is 50.7 Å². The summed E-state index contributed by atoms with van der Waals surface area (Å²) in [5.41, 5.74) is 5.96. The van der Waals surface area contributed by atoms with Gasteiger partial charge in [0.05, 0.1) is 4.90 Å². The highest BCUT2D eigenvalue weighted by atomic mass is 32.2. The zero-order valence-electron chi connectivity index (χ0n) is 11.2. The molecule has 0 saturated carbocycles. The van der Waals surface area contributed by atoms with E-state index in [1.54, 1.807) is 18.2 Å². The fraction of sp³-hybridized carbons (Fsp3) is 0.462. The number of hydrogen-bond donors (Lipinski definition) is 2. The van der Waals surface area contributed by atoms with Crippen LogP contribution in [0.1, 0.15) is 38.7 Å². The first-order valence-electron chi connectivity index (χ1n) is 6.33. The van der Waals surface area contributed by atoms with E-state index in [1.165, 1.54) is 6.07 Å². The van der Waals surface area contributed by atoms with E-state index in [1.807, 2.05) is 13.8 Å². The molecule has 0 fully saturated rings. The van der Waals surface area contributed by atoms with Crippen molar-refractivity contribution in [2.45, 2.75) is 44.0 Å². The van der Waals surface area contributed by atoms with Crippen LogP contribution in [0.2, 0.25) is 0 Å². The highest BCUT2D eigenvalue weighted by Gasteiger charge is 2.22. The van der Waals surface area contributed by atoms with Gasteiger partial charge in [0.2, 0.25) is 10.0 Å². The molecule has 0 aliphatic heterocycles. The van der Waals surface area contributed by atoms with Gasteiger partial charge < -0.3 is 5.73 Å². The lowest BCUT2D eigenvalue weighted by atomic mass is 10.1. The first kappa shape index (κ1) is 16.1. The zero-order valence-corrected chi connectivity index (χ0v) is 12.9. The van der Waals surface area contributed by atoms with Crippen LogP contribution in [0.25, 0.3) is 0 Å². The number of sulfonamides is 1. The summed E-state index contributed by atoms with van der Waals surface area (Å²) >= 11 is 4.90. The summed E-state index contributed by atoms with van der Waals surface area (Å²) in [6, 6.07) is 6.47. The molecule has 0 heterocycles. The van der Waals surface area contributed by atoms with Gasteiger partial charge in [0.15, 0.2) is 0 Å². The standard InChI is InChI=1S/C13H20N2O2S2/c1-3-7-10(4-2)15-19(16,17)12-9-6-5-8-11(12)13(14)18/h5-6,8-10,15H,3-4,7H2,1-2H3,(H2,14,18). The summed E-state index contributed by atoms with van der Waals surface area (Å²) in [5, 5.41) is 0. The molecule has 3 N–H and O–H groups in total. The van der Waals surface area contributed by atoms with Crippen LogP contribution in [-0.4, -0.2) is 19.4 Å². The Kier molecular flexibility index (Phi) is 5.90. The van der Waals surface area contributed by atoms with E-state index in [9.17, 15) is 8.42 Å². The van der Waals surface area contributed by atoms with Crippen LogP contribution in [0.5, 0.6) is 0 Å². The molecular weight excluding hydrogens is 280 g/mol. The monoisotopic (exact) mass is 300 g/mol. The van der Waals surface area contributed by atoms with E-state index in [2.05, 4.69) is 4.72 Å². The molecule has 0 spiro atoms. The van der Waals surface area contributed by atoms with Crippen molar-refractivity contribution in [2.24, 2.45) is 5.73 Å². The molecule has 0 aliphatic carbocycles. The molecule has 0 bridgehead atoms. The highest BCUT2D eigenvalue weighted by molar-refractivity contribution is 7.89.